The highest BCUT2D eigenvalue weighted by Crippen LogP contribution is 2.43. The Hall–Kier alpha value is -3.70. The molecule has 0 spiro atoms. The number of benzene rings is 1. The van der Waals surface area contributed by atoms with Crippen LogP contribution in [0.25, 0.3) is 10.8 Å². The number of rotatable bonds is 5. The van der Waals surface area contributed by atoms with Crippen LogP contribution in [0.4, 0.5) is 29.1 Å². The molecule has 3 aromatic rings. The summed E-state index contributed by atoms with van der Waals surface area (Å²) in [5, 5.41) is 7.41. The van der Waals surface area contributed by atoms with Crippen LogP contribution < -0.4 is 21.3 Å². The maximum Gasteiger partial charge on any atom is 0.419 e. The number of aryl methyl sites for hydroxylation is 1. The standard InChI is InChI=1S/C25H25F4N5O3/c1-13(14-6-4-7-16(19(14)26)25(27,28)29)30-21-15-12-34(24(2)9-10-24)23(37)20(33-11-5-8-17(33)35)18(15)22(36)32(3)31-21/h4,6-7,12-13H,5,8-11H2,1-3H3,(H,30,31)/t13-/m1/s1. The Morgan fingerprint density at radius 2 is 1.84 bits per heavy atom. The van der Waals surface area contributed by atoms with Gasteiger partial charge in [-0.3, -0.25) is 14.4 Å². The Morgan fingerprint density at radius 3 is 2.43 bits per heavy atom. The molecule has 2 fully saturated rings. The minimum absolute atomic E-state index is 0.0162. The molecule has 196 valence electrons. The molecular formula is C25H25F4N5O3. The van der Waals surface area contributed by atoms with Crippen molar-refractivity contribution >= 4 is 28.2 Å². The Kier molecular flexibility index (Phi) is 5.68. The molecule has 1 amide bonds. The molecule has 37 heavy (non-hydrogen) atoms. The van der Waals surface area contributed by atoms with Gasteiger partial charge in [-0.2, -0.15) is 18.3 Å². The van der Waals surface area contributed by atoms with Gasteiger partial charge in [-0.25, -0.2) is 9.07 Å². The molecule has 0 unspecified atom stereocenters. The van der Waals surface area contributed by atoms with Crippen LogP contribution in [-0.2, 0) is 23.6 Å². The van der Waals surface area contributed by atoms with Gasteiger partial charge in [0.25, 0.3) is 11.1 Å². The molecule has 1 saturated heterocycles. The molecule has 2 aliphatic rings. The summed E-state index contributed by atoms with van der Waals surface area (Å²) >= 11 is 0. The topological polar surface area (TPSA) is 89.2 Å². The van der Waals surface area contributed by atoms with Gasteiger partial charge in [0.2, 0.25) is 5.91 Å². The third kappa shape index (κ3) is 4.08. The van der Waals surface area contributed by atoms with Crippen LogP contribution in [-0.4, -0.2) is 26.8 Å². The van der Waals surface area contributed by atoms with Crippen molar-refractivity contribution < 1.29 is 22.4 Å². The quantitative estimate of drug-likeness (QED) is 0.514. The van der Waals surface area contributed by atoms with Gasteiger partial charge in [-0.15, -0.1) is 0 Å². The predicted octanol–water partition coefficient (Wildman–Crippen LogP) is 4.06. The average Bonchev–Trinajstić information content (AvgIpc) is 3.43. The maximum absolute atomic E-state index is 14.8. The van der Waals surface area contributed by atoms with E-state index in [9.17, 15) is 31.9 Å². The Balaban J connectivity index is 1.72. The lowest BCUT2D eigenvalue weighted by Gasteiger charge is -2.24. The number of fused-ring (bicyclic) bond motifs is 1. The first-order valence-electron chi connectivity index (χ1n) is 11.9. The maximum atomic E-state index is 14.8. The number of nitrogens with zero attached hydrogens (tertiary/aromatic N) is 4. The van der Waals surface area contributed by atoms with Crippen LogP contribution in [0.2, 0.25) is 0 Å². The molecule has 1 N–H and O–H groups in total. The van der Waals surface area contributed by atoms with Crippen molar-refractivity contribution in [3.05, 3.63) is 62.0 Å². The van der Waals surface area contributed by atoms with Crippen molar-refractivity contribution in [3.8, 4) is 0 Å². The summed E-state index contributed by atoms with van der Waals surface area (Å²) in [4.78, 5) is 40.9. The minimum Gasteiger partial charge on any atom is -0.361 e. The van der Waals surface area contributed by atoms with Crippen molar-refractivity contribution in [3.63, 3.8) is 0 Å². The van der Waals surface area contributed by atoms with Gasteiger partial charge in [0, 0.05) is 37.3 Å². The van der Waals surface area contributed by atoms with Crippen molar-refractivity contribution in [2.75, 3.05) is 16.8 Å². The smallest absolute Gasteiger partial charge is 0.361 e. The normalized spacial score (nSPS) is 17.9. The van der Waals surface area contributed by atoms with Gasteiger partial charge in [-0.05, 0) is 39.2 Å². The SMILES string of the molecule is C[C@@H](Nc1nn(C)c(=O)c2c(N3CCCC3=O)c(=O)n(C3(C)CC3)cc12)c1cccc(C(F)(F)F)c1F. The van der Waals surface area contributed by atoms with Gasteiger partial charge >= 0.3 is 6.18 Å². The van der Waals surface area contributed by atoms with Gasteiger partial charge in [0.1, 0.15) is 11.5 Å². The second kappa shape index (κ2) is 8.42. The summed E-state index contributed by atoms with van der Waals surface area (Å²) in [5.74, 6) is -1.60. The van der Waals surface area contributed by atoms with Gasteiger partial charge in [0.15, 0.2) is 5.82 Å². The van der Waals surface area contributed by atoms with Crippen molar-refractivity contribution in [2.24, 2.45) is 7.05 Å². The fraction of sp³-hybridized carbons (Fsp3) is 0.440. The monoisotopic (exact) mass is 519 g/mol. The number of anilines is 2. The van der Waals surface area contributed by atoms with Crippen molar-refractivity contribution in [1.82, 2.24) is 14.3 Å². The molecule has 3 heterocycles. The van der Waals surface area contributed by atoms with Crippen LogP contribution in [0.5, 0.6) is 0 Å². The summed E-state index contributed by atoms with van der Waals surface area (Å²) < 4.78 is 57.2. The van der Waals surface area contributed by atoms with Crippen LogP contribution in [0.1, 0.15) is 56.7 Å². The van der Waals surface area contributed by atoms with E-state index in [4.69, 9.17) is 0 Å². The van der Waals surface area contributed by atoms with Crippen molar-refractivity contribution in [2.45, 2.75) is 57.3 Å². The molecule has 0 bridgehead atoms. The largest absolute Gasteiger partial charge is 0.419 e. The Morgan fingerprint density at radius 1 is 1.14 bits per heavy atom. The van der Waals surface area contributed by atoms with E-state index < -0.39 is 40.3 Å². The minimum atomic E-state index is -4.87. The number of amides is 1. The van der Waals surface area contributed by atoms with Crippen LogP contribution in [0.3, 0.4) is 0 Å². The van der Waals surface area contributed by atoms with E-state index in [2.05, 4.69) is 10.4 Å². The second-order valence-electron chi connectivity index (χ2n) is 9.94. The molecule has 1 aliphatic carbocycles. The first-order chi connectivity index (χ1) is 17.3. The summed E-state index contributed by atoms with van der Waals surface area (Å²) in [6, 6.07) is 2.04. The first kappa shape index (κ1) is 25.0. The van der Waals surface area contributed by atoms with E-state index in [1.807, 2.05) is 6.92 Å². The number of hydrogen-bond acceptors (Lipinski definition) is 5. The molecule has 0 radical (unpaired) electrons. The summed E-state index contributed by atoms with van der Waals surface area (Å²) in [5.41, 5.74) is -3.22. The highest BCUT2D eigenvalue weighted by molar-refractivity contribution is 6.06. The second-order valence-corrected chi connectivity index (χ2v) is 9.94. The fourth-order valence-corrected chi connectivity index (χ4v) is 4.86. The molecule has 1 aromatic carbocycles. The zero-order valence-electron chi connectivity index (χ0n) is 20.4. The van der Waals surface area contributed by atoms with Gasteiger partial charge < -0.3 is 14.8 Å². The van der Waals surface area contributed by atoms with Crippen LogP contribution >= 0.6 is 0 Å². The number of pyridine rings is 1. The third-order valence-electron chi connectivity index (χ3n) is 7.25. The van der Waals surface area contributed by atoms with Gasteiger partial charge in [0.05, 0.1) is 22.4 Å². The molecule has 1 saturated carbocycles. The van der Waals surface area contributed by atoms with E-state index in [1.54, 1.807) is 0 Å². The highest BCUT2D eigenvalue weighted by atomic mass is 19.4. The van der Waals surface area contributed by atoms with E-state index in [-0.39, 0.29) is 46.7 Å². The number of carbonyl (C=O) groups is 1. The molecule has 5 rings (SSSR count). The lowest BCUT2D eigenvalue weighted by molar-refractivity contribution is -0.140. The molecule has 8 nitrogen and oxygen atoms in total. The zero-order valence-corrected chi connectivity index (χ0v) is 20.4. The van der Waals surface area contributed by atoms with Crippen LogP contribution in [0.15, 0.2) is 34.0 Å². The molecule has 2 aromatic heterocycles. The number of hydrogen-bond donors (Lipinski definition) is 1. The summed E-state index contributed by atoms with van der Waals surface area (Å²) in [6.07, 6.45) is -1.14. The Labute approximate surface area is 208 Å². The third-order valence-corrected chi connectivity index (χ3v) is 7.25. The fourth-order valence-electron chi connectivity index (χ4n) is 4.86. The van der Waals surface area contributed by atoms with Crippen molar-refractivity contribution in [1.29, 1.82) is 0 Å². The summed E-state index contributed by atoms with van der Waals surface area (Å²) in [6.45, 7) is 3.64. The van der Waals surface area contributed by atoms with E-state index in [1.165, 1.54) is 35.7 Å². The number of aromatic nitrogens is 3. The lowest BCUT2D eigenvalue weighted by Crippen LogP contribution is -2.38. The Bertz CT molecular complexity index is 1560. The van der Waals surface area contributed by atoms with Crippen LogP contribution in [0, 0.1) is 5.82 Å². The molecule has 1 atom stereocenters. The number of nitrogens with one attached hydrogen (secondary N) is 1. The average molecular weight is 519 g/mol. The highest BCUT2D eigenvalue weighted by Gasteiger charge is 2.42. The van der Waals surface area contributed by atoms with E-state index in [0.717, 1.165) is 23.6 Å². The van der Waals surface area contributed by atoms with E-state index >= 15 is 0 Å². The zero-order chi connectivity index (χ0) is 26.9. The summed E-state index contributed by atoms with van der Waals surface area (Å²) in [7, 11) is 1.37. The predicted molar refractivity (Wildman–Crippen MR) is 129 cm³/mol. The molecule has 1 aliphatic heterocycles. The molecule has 12 heteroatoms. The van der Waals surface area contributed by atoms with E-state index in [0.29, 0.717) is 12.5 Å². The number of alkyl halides is 3. The lowest BCUT2D eigenvalue weighted by atomic mass is 10.0. The first-order valence-corrected chi connectivity index (χ1v) is 11.9. The number of carbonyl (C=O) groups excluding carboxylic acids is 1. The van der Waals surface area contributed by atoms with Gasteiger partial charge in [-0.1, -0.05) is 12.1 Å². The number of halogens is 4. The molecular weight excluding hydrogens is 494 g/mol.